The zero-order valence-corrected chi connectivity index (χ0v) is 11.9. The van der Waals surface area contributed by atoms with Crippen LogP contribution in [0.2, 0.25) is 0 Å². The molecule has 1 aliphatic carbocycles. The molecular weight excluding hydrogens is 278 g/mol. The van der Waals surface area contributed by atoms with Crippen LogP contribution in [0.4, 0.5) is 0 Å². The number of rotatable bonds is 4. The van der Waals surface area contributed by atoms with Gasteiger partial charge >= 0.3 is 0 Å². The minimum atomic E-state index is 0.189. The first-order valence-electron chi connectivity index (χ1n) is 6.20. The smallest absolute Gasteiger partial charge is 0.0716 e. The molecule has 1 aliphatic rings. The standard InChI is InChI=1S/C14H20BrNO/c1-17-9-11-8-12(15)4-5-13(11)14(10-16)6-2-3-7-14/h4-5,8H,2-3,6-7,9-10,16H2,1H3. The largest absolute Gasteiger partial charge is 0.380 e. The topological polar surface area (TPSA) is 35.2 Å². The van der Waals surface area contributed by atoms with E-state index < -0.39 is 0 Å². The second-order valence-electron chi connectivity index (χ2n) is 4.93. The fourth-order valence-corrected chi connectivity index (χ4v) is 3.40. The van der Waals surface area contributed by atoms with Crippen LogP contribution in [-0.4, -0.2) is 13.7 Å². The molecule has 0 atom stereocenters. The monoisotopic (exact) mass is 297 g/mol. The van der Waals surface area contributed by atoms with E-state index in [0.29, 0.717) is 6.61 Å². The Hall–Kier alpha value is -0.380. The van der Waals surface area contributed by atoms with Gasteiger partial charge in [0.15, 0.2) is 0 Å². The van der Waals surface area contributed by atoms with Crippen LogP contribution in [0.1, 0.15) is 36.8 Å². The van der Waals surface area contributed by atoms with Crippen LogP contribution in [0.25, 0.3) is 0 Å². The molecule has 94 valence electrons. The van der Waals surface area contributed by atoms with Gasteiger partial charge in [0.05, 0.1) is 6.61 Å². The van der Waals surface area contributed by atoms with E-state index in [4.69, 9.17) is 10.5 Å². The number of hydrogen-bond acceptors (Lipinski definition) is 2. The number of ether oxygens (including phenoxy) is 1. The van der Waals surface area contributed by atoms with Gasteiger partial charge in [-0.15, -0.1) is 0 Å². The molecule has 2 N–H and O–H groups in total. The highest BCUT2D eigenvalue weighted by molar-refractivity contribution is 9.10. The maximum atomic E-state index is 6.05. The maximum absolute atomic E-state index is 6.05. The van der Waals surface area contributed by atoms with Crippen molar-refractivity contribution in [1.29, 1.82) is 0 Å². The summed E-state index contributed by atoms with van der Waals surface area (Å²) in [5.41, 5.74) is 8.90. The number of methoxy groups -OCH3 is 1. The van der Waals surface area contributed by atoms with Crippen LogP contribution < -0.4 is 5.73 Å². The molecule has 1 saturated carbocycles. The first-order chi connectivity index (χ1) is 8.22. The molecule has 0 unspecified atom stereocenters. The van der Waals surface area contributed by atoms with Gasteiger partial charge in [-0.3, -0.25) is 0 Å². The minimum Gasteiger partial charge on any atom is -0.380 e. The van der Waals surface area contributed by atoms with Gasteiger partial charge in [-0.2, -0.15) is 0 Å². The SMILES string of the molecule is COCc1cc(Br)ccc1C1(CN)CCCC1. The number of benzene rings is 1. The summed E-state index contributed by atoms with van der Waals surface area (Å²) >= 11 is 3.53. The molecule has 0 aliphatic heterocycles. The highest BCUT2D eigenvalue weighted by atomic mass is 79.9. The number of hydrogen-bond donors (Lipinski definition) is 1. The van der Waals surface area contributed by atoms with Crippen LogP contribution in [-0.2, 0) is 16.8 Å². The maximum Gasteiger partial charge on any atom is 0.0716 e. The minimum absolute atomic E-state index is 0.189. The summed E-state index contributed by atoms with van der Waals surface area (Å²) in [6.45, 7) is 1.40. The lowest BCUT2D eigenvalue weighted by Crippen LogP contribution is -2.33. The van der Waals surface area contributed by atoms with Crippen molar-refractivity contribution in [3.63, 3.8) is 0 Å². The summed E-state index contributed by atoms with van der Waals surface area (Å²) in [4.78, 5) is 0. The molecular formula is C14H20BrNO. The van der Waals surface area contributed by atoms with E-state index >= 15 is 0 Å². The molecule has 2 nitrogen and oxygen atoms in total. The summed E-state index contributed by atoms with van der Waals surface area (Å²) < 4.78 is 6.42. The van der Waals surface area contributed by atoms with E-state index in [1.807, 2.05) is 0 Å². The van der Waals surface area contributed by atoms with Crippen molar-refractivity contribution in [1.82, 2.24) is 0 Å². The lowest BCUT2D eigenvalue weighted by atomic mass is 9.77. The first kappa shape index (κ1) is 13.1. The van der Waals surface area contributed by atoms with E-state index in [0.717, 1.165) is 11.0 Å². The Bertz CT molecular complexity index is 386. The van der Waals surface area contributed by atoms with Crippen molar-refractivity contribution in [2.75, 3.05) is 13.7 Å². The summed E-state index contributed by atoms with van der Waals surface area (Å²) in [5, 5.41) is 0. The van der Waals surface area contributed by atoms with E-state index in [-0.39, 0.29) is 5.41 Å². The average molecular weight is 298 g/mol. The molecule has 1 aromatic carbocycles. The molecule has 17 heavy (non-hydrogen) atoms. The molecule has 3 heteroatoms. The van der Waals surface area contributed by atoms with Crippen molar-refractivity contribution in [3.05, 3.63) is 33.8 Å². The highest BCUT2D eigenvalue weighted by Gasteiger charge is 2.35. The van der Waals surface area contributed by atoms with Gasteiger partial charge in [0.1, 0.15) is 0 Å². The Morgan fingerprint density at radius 2 is 2.06 bits per heavy atom. The Labute approximate surface area is 112 Å². The average Bonchev–Trinajstić information content (AvgIpc) is 2.79. The molecule has 2 rings (SSSR count). The van der Waals surface area contributed by atoms with Gasteiger partial charge < -0.3 is 10.5 Å². The zero-order valence-electron chi connectivity index (χ0n) is 10.3. The lowest BCUT2D eigenvalue weighted by Gasteiger charge is -2.30. The van der Waals surface area contributed by atoms with Crippen LogP contribution in [0, 0.1) is 0 Å². The summed E-state index contributed by atoms with van der Waals surface area (Å²) in [6.07, 6.45) is 5.00. The van der Waals surface area contributed by atoms with Gasteiger partial charge in [0.2, 0.25) is 0 Å². The second-order valence-corrected chi connectivity index (χ2v) is 5.84. The molecule has 0 bridgehead atoms. The van der Waals surface area contributed by atoms with Gasteiger partial charge in [-0.25, -0.2) is 0 Å². The third kappa shape index (κ3) is 2.56. The Kier molecular flexibility index (Phi) is 4.23. The van der Waals surface area contributed by atoms with E-state index in [1.165, 1.54) is 36.8 Å². The zero-order chi connectivity index (χ0) is 12.3. The van der Waals surface area contributed by atoms with E-state index in [2.05, 4.69) is 34.1 Å². The molecule has 0 heterocycles. The van der Waals surface area contributed by atoms with Gasteiger partial charge in [-0.1, -0.05) is 34.8 Å². The quantitative estimate of drug-likeness (QED) is 0.925. The van der Waals surface area contributed by atoms with Crippen molar-refractivity contribution in [2.24, 2.45) is 5.73 Å². The normalized spacial score (nSPS) is 18.5. The lowest BCUT2D eigenvalue weighted by molar-refractivity contribution is 0.182. The first-order valence-corrected chi connectivity index (χ1v) is 6.99. The summed E-state index contributed by atoms with van der Waals surface area (Å²) in [6, 6.07) is 6.50. The van der Waals surface area contributed by atoms with E-state index in [1.54, 1.807) is 7.11 Å². The number of halogens is 1. The van der Waals surface area contributed by atoms with Crippen LogP contribution in [0.3, 0.4) is 0 Å². The molecule has 0 radical (unpaired) electrons. The Balaban J connectivity index is 2.42. The third-order valence-electron chi connectivity index (χ3n) is 3.89. The fourth-order valence-electron chi connectivity index (χ4n) is 2.99. The molecule has 1 fully saturated rings. The summed E-state index contributed by atoms with van der Waals surface area (Å²) in [7, 11) is 1.74. The molecule has 0 aromatic heterocycles. The van der Waals surface area contributed by atoms with Crippen molar-refractivity contribution in [3.8, 4) is 0 Å². The predicted octanol–water partition coefficient (Wildman–Crippen LogP) is 3.37. The Morgan fingerprint density at radius 3 is 2.65 bits per heavy atom. The van der Waals surface area contributed by atoms with Crippen molar-refractivity contribution < 1.29 is 4.74 Å². The predicted molar refractivity (Wildman–Crippen MR) is 74.1 cm³/mol. The van der Waals surface area contributed by atoms with Crippen LogP contribution in [0.15, 0.2) is 22.7 Å². The molecule has 0 amide bonds. The van der Waals surface area contributed by atoms with Gasteiger partial charge in [-0.05, 0) is 36.1 Å². The van der Waals surface area contributed by atoms with Crippen LogP contribution in [0.5, 0.6) is 0 Å². The fraction of sp³-hybridized carbons (Fsp3) is 0.571. The Morgan fingerprint density at radius 1 is 1.35 bits per heavy atom. The molecule has 1 aromatic rings. The second kappa shape index (κ2) is 5.51. The van der Waals surface area contributed by atoms with Crippen molar-refractivity contribution >= 4 is 15.9 Å². The van der Waals surface area contributed by atoms with Gasteiger partial charge in [0, 0.05) is 23.5 Å². The highest BCUT2D eigenvalue weighted by Crippen LogP contribution is 2.42. The molecule has 0 saturated heterocycles. The van der Waals surface area contributed by atoms with Crippen LogP contribution >= 0.6 is 15.9 Å². The third-order valence-corrected chi connectivity index (χ3v) is 4.38. The van der Waals surface area contributed by atoms with Crippen molar-refractivity contribution in [2.45, 2.75) is 37.7 Å². The summed E-state index contributed by atoms with van der Waals surface area (Å²) in [5.74, 6) is 0. The van der Waals surface area contributed by atoms with Gasteiger partial charge in [0.25, 0.3) is 0 Å². The number of nitrogens with two attached hydrogens (primary N) is 1. The van der Waals surface area contributed by atoms with E-state index in [9.17, 15) is 0 Å². The molecule has 0 spiro atoms.